The van der Waals surface area contributed by atoms with Gasteiger partial charge in [0.25, 0.3) is 5.91 Å². The molecule has 28 heavy (non-hydrogen) atoms. The summed E-state index contributed by atoms with van der Waals surface area (Å²) in [5.41, 5.74) is 3.21. The van der Waals surface area contributed by atoms with Gasteiger partial charge in [0, 0.05) is 43.9 Å². The number of likely N-dealkylation sites (tertiary alicyclic amines) is 1. The number of para-hydroxylation sites is 1. The molecule has 1 aliphatic heterocycles. The number of amides is 1. The molecule has 0 saturated carbocycles. The van der Waals surface area contributed by atoms with E-state index < -0.39 is 0 Å². The summed E-state index contributed by atoms with van der Waals surface area (Å²) >= 11 is 0. The smallest absolute Gasteiger partial charge is 0.254 e. The average molecular weight is 401 g/mol. The number of carbonyl (C=O) groups excluding carboxylic acids is 1. The van der Waals surface area contributed by atoms with Crippen molar-refractivity contribution in [1.29, 1.82) is 0 Å². The van der Waals surface area contributed by atoms with Gasteiger partial charge in [0.15, 0.2) is 0 Å². The summed E-state index contributed by atoms with van der Waals surface area (Å²) in [6.07, 6.45) is 5.73. The molecule has 3 aromatic rings. The zero-order valence-electron chi connectivity index (χ0n) is 16.2. The van der Waals surface area contributed by atoms with Crippen molar-refractivity contribution in [1.82, 2.24) is 19.7 Å². The minimum absolute atomic E-state index is 0. The first-order chi connectivity index (χ1) is 13.2. The number of nitrogens with zero attached hydrogens (tertiary/aromatic N) is 4. The largest absolute Gasteiger partial charge is 0.378 e. The first-order valence-electron chi connectivity index (χ1n) is 9.45. The van der Waals surface area contributed by atoms with Crippen LogP contribution in [0.3, 0.4) is 0 Å². The van der Waals surface area contributed by atoms with Crippen LogP contribution in [0.5, 0.6) is 0 Å². The molecule has 0 atom stereocenters. The van der Waals surface area contributed by atoms with E-state index in [9.17, 15) is 4.79 Å². The molecule has 0 radical (unpaired) electrons. The zero-order chi connectivity index (χ0) is 18.8. The molecular formula is C21H25ClN4O2. The van der Waals surface area contributed by atoms with Crippen molar-refractivity contribution in [2.45, 2.75) is 25.9 Å². The van der Waals surface area contributed by atoms with Gasteiger partial charge in [0.1, 0.15) is 0 Å². The maximum Gasteiger partial charge on any atom is 0.254 e. The maximum atomic E-state index is 13.3. The predicted octanol–water partition coefficient (Wildman–Crippen LogP) is 3.70. The molecule has 0 aliphatic carbocycles. The van der Waals surface area contributed by atoms with Crippen LogP contribution in [0.25, 0.3) is 22.2 Å². The van der Waals surface area contributed by atoms with E-state index in [0.717, 1.165) is 54.7 Å². The first kappa shape index (κ1) is 20.3. The number of hydrogen-bond acceptors (Lipinski definition) is 4. The lowest BCUT2D eigenvalue weighted by Crippen LogP contribution is -2.41. The lowest BCUT2D eigenvalue weighted by molar-refractivity contribution is 0.0146. The van der Waals surface area contributed by atoms with Crippen molar-refractivity contribution < 1.29 is 9.53 Å². The SMILES string of the molecule is CCOC1CCN(C(=O)c2cc(-c3cnn(C)c3)nc3ccccc23)CC1.Cl. The molecule has 1 fully saturated rings. The third-order valence-electron chi connectivity index (χ3n) is 5.08. The van der Waals surface area contributed by atoms with Crippen LogP contribution < -0.4 is 0 Å². The van der Waals surface area contributed by atoms with E-state index in [1.54, 1.807) is 10.9 Å². The molecule has 0 unspecified atom stereocenters. The number of aromatic nitrogens is 3. The summed E-state index contributed by atoms with van der Waals surface area (Å²) in [5, 5.41) is 5.12. The Morgan fingerprint density at radius 2 is 2.00 bits per heavy atom. The van der Waals surface area contributed by atoms with Crippen LogP contribution in [-0.4, -0.2) is 51.4 Å². The minimum Gasteiger partial charge on any atom is -0.378 e. The number of piperidine rings is 1. The Morgan fingerprint density at radius 3 is 2.68 bits per heavy atom. The molecule has 0 bridgehead atoms. The van der Waals surface area contributed by atoms with E-state index in [-0.39, 0.29) is 24.4 Å². The average Bonchev–Trinajstić information content (AvgIpc) is 3.14. The van der Waals surface area contributed by atoms with E-state index in [0.29, 0.717) is 5.56 Å². The van der Waals surface area contributed by atoms with E-state index >= 15 is 0 Å². The van der Waals surface area contributed by atoms with Crippen molar-refractivity contribution >= 4 is 29.2 Å². The summed E-state index contributed by atoms with van der Waals surface area (Å²) in [7, 11) is 1.87. The fourth-order valence-corrected chi connectivity index (χ4v) is 3.69. The van der Waals surface area contributed by atoms with Gasteiger partial charge < -0.3 is 9.64 Å². The Bertz CT molecular complexity index is 964. The van der Waals surface area contributed by atoms with Crippen LogP contribution in [0.4, 0.5) is 0 Å². The fourth-order valence-electron chi connectivity index (χ4n) is 3.69. The van der Waals surface area contributed by atoms with Gasteiger partial charge in [-0.15, -0.1) is 12.4 Å². The van der Waals surface area contributed by atoms with Crippen LogP contribution in [-0.2, 0) is 11.8 Å². The van der Waals surface area contributed by atoms with Crippen LogP contribution in [0, 0.1) is 0 Å². The Labute approximate surface area is 170 Å². The number of ether oxygens (including phenoxy) is 1. The molecule has 0 N–H and O–H groups in total. The van der Waals surface area contributed by atoms with E-state index in [4.69, 9.17) is 9.72 Å². The van der Waals surface area contributed by atoms with Gasteiger partial charge in [-0.05, 0) is 31.9 Å². The zero-order valence-corrected chi connectivity index (χ0v) is 17.0. The van der Waals surface area contributed by atoms with Gasteiger partial charge in [-0.25, -0.2) is 4.98 Å². The second-order valence-electron chi connectivity index (χ2n) is 6.92. The second kappa shape index (κ2) is 8.71. The second-order valence-corrected chi connectivity index (χ2v) is 6.92. The molecule has 2 aromatic heterocycles. The minimum atomic E-state index is 0. The summed E-state index contributed by atoms with van der Waals surface area (Å²) in [6.45, 7) is 4.19. The van der Waals surface area contributed by atoms with E-state index in [1.807, 2.05) is 55.4 Å². The number of benzene rings is 1. The number of pyridine rings is 1. The monoisotopic (exact) mass is 400 g/mol. The lowest BCUT2D eigenvalue weighted by Gasteiger charge is -2.32. The summed E-state index contributed by atoms with van der Waals surface area (Å²) in [5.74, 6) is 0.0636. The number of hydrogen-bond donors (Lipinski definition) is 0. The predicted molar refractivity (Wildman–Crippen MR) is 112 cm³/mol. The molecule has 4 rings (SSSR count). The van der Waals surface area contributed by atoms with Gasteiger partial charge >= 0.3 is 0 Å². The highest BCUT2D eigenvalue weighted by molar-refractivity contribution is 6.07. The Balaban J connectivity index is 0.00000225. The lowest BCUT2D eigenvalue weighted by atomic mass is 10.0. The molecule has 1 aromatic carbocycles. The van der Waals surface area contributed by atoms with Crippen molar-refractivity contribution in [2.75, 3.05) is 19.7 Å². The summed E-state index contributed by atoms with van der Waals surface area (Å²) < 4.78 is 7.45. The normalized spacial score (nSPS) is 14.9. The number of fused-ring (bicyclic) bond motifs is 1. The molecule has 0 spiro atoms. The number of carbonyl (C=O) groups is 1. The van der Waals surface area contributed by atoms with Gasteiger partial charge in [-0.2, -0.15) is 5.10 Å². The number of aryl methyl sites for hydroxylation is 1. The van der Waals surface area contributed by atoms with Gasteiger partial charge in [-0.1, -0.05) is 18.2 Å². The Hall–Kier alpha value is -2.44. The van der Waals surface area contributed by atoms with Crippen molar-refractivity contribution in [2.24, 2.45) is 7.05 Å². The van der Waals surface area contributed by atoms with Crippen LogP contribution >= 0.6 is 12.4 Å². The number of rotatable bonds is 4. The van der Waals surface area contributed by atoms with Crippen LogP contribution in [0.2, 0.25) is 0 Å². The maximum absolute atomic E-state index is 13.3. The van der Waals surface area contributed by atoms with Crippen LogP contribution in [0.1, 0.15) is 30.1 Å². The van der Waals surface area contributed by atoms with Crippen molar-refractivity contribution in [3.8, 4) is 11.3 Å². The third-order valence-corrected chi connectivity index (χ3v) is 5.08. The first-order valence-corrected chi connectivity index (χ1v) is 9.45. The standard InChI is InChI=1S/C21H24N4O2.ClH/c1-3-27-16-8-10-25(11-9-16)21(26)18-12-20(15-13-22-24(2)14-15)23-19-7-5-4-6-17(18)19;/h4-7,12-14,16H,3,8-11H2,1-2H3;1H. The molecule has 1 aliphatic rings. The Kier molecular flexibility index (Phi) is 6.31. The molecular weight excluding hydrogens is 376 g/mol. The highest BCUT2D eigenvalue weighted by Crippen LogP contribution is 2.26. The van der Waals surface area contributed by atoms with Gasteiger partial charge in [0.05, 0.1) is 29.1 Å². The molecule has 1 amide bonds. The fraction of sp³-hybridized carbons (Fsp3) is 0.381. The molecule has 7 heteroatoms. The topological polar surface area (TPSA) is 60.2 Å². The third kappa shape index (κ3) is 4.03. The van der Waals surface area contributed by atoms with Crippen LogP contribution in [0.15, 0.2) is 42.7 Å². The highest BCUT2D eigenvalue weighted by atomic mass is 35.5. The molecule has 3 heterocycles. The molecule has 1 saturated heterocycles. The van der Waals surface area contributed by atoms with E-state index in [2.05, 4.69) is 5.10 Å². The highest BCUT2D eigenvalue weighted by Gasteiger charge is 2.25. The summed E-state index contributed by atoms with van der Waals surface area (Å²) in [6, 6.07) is 9.72. The molecule has 6 nitrogen and oxygen atoms in total. The quantitative estimate of drug-likeness (QED) is 0.670. The Morgan fingerprint density at radius 1 is 1.25 bits per heavy atom. The van der Waals surface area contributed by atoms with Gasteiger partial charge in [-0.3, -0.25) is 9.48 Å². The number of halogens is 1. The van der Waals surface area contributed by atoms with E-state index in [1.165, 1.54) is 0 Å². The van der Waals surface area contributed by atoms with Crippen molar-refractivity contribution in [3.05, 3.63) is 48.3 Å². The van der Waals surface area contributed by atoms with Crippen molar-refractivity contribution in [3.63, 3.8) is 0 Å². The molecule has 148 valence electrons. The van der Waals surface area contributed by atoms with Gasteiger partial charge in [0.2, 0.25) is 0 Å². The summed E-state index contributed by atoms with van der Waals surface area (Å²) in [4.78, 5) is 20.0.